The molecular weight excluding hydrogens is 250 g/mol. The summed E-state index contributed by atoms with van der Waals surface area (Å²) in [6.07, 6.45) is 6.09. The van der Waals surface area contributed by atoms with Crippen LogP contribution in [0.5, 0.6) is 0 Å². The largest absolute Gasteiger partial charge is 0.351 e. The third-order valence-electron chi connectivity index (χ3n) is 3.90. The third kappa shape index (κ3) is 3.90. The number of anilines is 1. The fourth-order valence-electron chi connectivity index (χ4n) is 2.77. The molecule has 5 nitrogen and oxygen atoms in total. The standard InChI is InChI=1S/C15H27N5/c1-4-14-12-19(3)7-6-8-20(14)15-11-17-10-13(18-15)9-16-5-2/h10-11,14,16H,4-9,12H2,1-3H3. The minimum Gasteiger partial charge on any atom is -0.351 e. The predicted molar refractivity (Wildman–Crippen MR) is 83.0 cm³/mol. The molecule has 1 unspecified atom stereocenters. The van der Waals surface area contributed by atoms with Gasteiger partial charge in [-0.25, -0.2) is 4.98 Å². The summed E-state index contributed by atoms with van der Waals surface area (Å²) in [5.74, 6) is 1.03. The van der Waals surface area contributed by atoms with Crippen LogP contribution in [0.15, 0.2) is 12.4 Å². The Morgan fingerprint density at radius 1 is 1.30 bits per heavy atom. The van der Waals surface area contributed by atoms with Crippen LogP contribution >= 0.6 is 0 Å². The first-order valence-corrected chi connectivity index (χ1v) is 7.71. The van der Waals surface area contributed by atoms with Gasteiger partial charge in [0.15, 0.2) is 0 Å². The Bertz CT molecular complexity index is 409. The molecule has 0 bridgehead atoms. The lowest BCUT2D eigenvalue weighted by Gasteiger charge is -2.31. The number of rotatable bonds is 5. The van der Waals surface area contributed by atoms with Gasteiger partial charge in [0, 0.05) is 31.9 Å². The predicted octanol–water partition coefficient (Wildman–Crippen LogP) is 1.51. The number of nitrogens with zero attached hydrogens (tertiary/aromatic N) is 4. The molecule has 1 N–H and O–H groups in total. The molecule has 1 aromatic heterocycles. The van der Waals surface area contributed by atoms with Gasteiger partial charge in [0.25, 0.3) is 0 Å². The van der Waals surface area contributed by atoms with Gasteiger partial charge < -0.3 is 15.1 Å². The molecule has 1 atom stereocenters. The van der Waals surface area contributed by atoms with Crippen molar-refractivity contribution in [3.05, 3.63) is 18.1 Å². The van der Waals surface area contributed by atoms with Crippen molar-refractivity contribution in [3.63, 3.8) is 0 Å². The van der Waals surface area contributed by atoms with E-state index in [1.165, 1.54) is 6.42 Å². The van der Waals surface area contributed by atoms with E-state index in [1.54, 1.807) is 0 Å². The van der Waals surface area contributed by atoms with Gasteiger partial charge in [-0.05, 0) is 33.0 Å². The second kappa shape index (κ2) is 7.55. The number of aromatic nitrogens is 2. The van der Waals surface area contributed by atoms with Crippen molar-refractivity contribution < 1.29 is 0 Å². The molecule has 1 aliphatic heterocycles. The Morgan fingerprint density at radius 2 is 2.15 bits per heavy atom. The molecule has 2 rings (SSSR count). The summed E-state index contributed by atoms with van der Waals surface area (Å²) in [7, 11) is 2.21. The van der Waals surface area contributed by atoms with E-state index in [2.05, 4.69) is 41.0 Å². The quantitative estimate of drug-likeness (QED) is 0.884. The van der Waals surface area contributed by atoms with Crippen molar-refractivity contribution in [2.75, 3.05) is 38.1 Å². The molecule has 5 heteroatoms. The molecule has 2 heterocycles. The maximum absolute atomic E-state index is 4.78. The summed E-state index contributed by atoms with van der Waals surface area (Å²) in [6.45, 7) is 9.46. The highest BCUT2D eigenvalue weighted by Crippen LogP contribution is 2.19. The van der Waals surface area contributed by atoms with E-state index in [9.17, 15) is 0 Å². The Hall–Kier alpha value is -1.20. The Labute approximate surface area is 122 Å². The van der Waals surface area contributed by atoms with E-state index >= 15 is 0 Å². The van der Waals surface area contributed by atoms with Gasteiger partial charge in [-0.15, -0.1) is 0 Å². The second-order valence-electron chi connectivity index (χ2n) is 5.52. The van der Waals surface area contributed by atoms with Crippen molar-refractivity contribution in [1.82, 2.24) is 20.2 Å². The van der Waals surface area contributed by atoms with Crippen LogP contribution in [0.1, 0.15) is 32.4 Å². The van der Waals surface area contributed by atoms with Crippen LogP contribution in [0.3, 0.4) is 0 Å². The number of hydrogen-bond acceptors (Lipinski definition) is 5. The maximum atomic E-state index is 4.78. The molecule has 0 aromatic carbocycles. The van der Waals surface area contributed by atoms with E-state index in [-0.39, 0.29) is 0 Å². The minimum absolute atomic E-state index is 0.534. The molecular formula is C15H27N5. The van der Waals surface area contributed by atoms with E-state index in [1.807, 2.05) is 12.4 Å². The molecule has 0 aliphatic carbocycles. The summed E-state index contributed by atoms with van der Waals surface area (Å²) in [5.41, 5.74) is 1.02. The van der Waals surface area contributed by atoms with Gasteiger partial charge in [0.2, 0.25) is 0 Å². The average molecular weight is 277 g/mol. The lowest BCUT2D eigenvalue weighted by molar-refractivity contribution is 0.327. The Kier molecular flexibility index (Phi) is 5.73. The van der Waals surface area contributed by atoms with Crippen LogP contribution in [0.25, 0.3) is 0 Å². The highest BCUT2D eigenvalue weighted by molar-refractivity contribution is 5.38. The molecule has 1 aromatic rings. The van der Waals surface area contributed by atoms with Gasteiger partial charge in [0.1, 0.15) is 5.82 Å². The summed E-state index contributed by atoms with van der Waals surface area (Å²) in [4.78, 5) is 14.0. The fraction of sp³-hybridized carbons (Fsp3) is 0.733. The zero-order chi connectivity index (χ0) is 14.4. The van der Waals surface area contributed by atoms with E-state index in [0.29, 0.717) is 6.04 Å². The summed E-state index contributed by atoms with van der Waals surface area (Å²) in [5, 5.41) is 3.31. The van der Waals surface area contributed by atoms with Crippen LogP contribution in [0, 0.1) is 0 Å². The highest BCUT2D eigenvalue weighted by Gasteiger charge is 2.23. The monoisotopic (exact) mass is 277 g/mol. The minimum atomic E-state index is 0.534. The van der Waals surface area contributed by atoms with Crippen LogP contribution in [-0.4, -0.2) is 54.1 Å². The van der Waals surface area contributed by atoms with Crippen molar-refractivity contribution >= 4 is 5.82 Å². The zero-order valence-corrected chi connectivity index (χ0v) is 13.0. The highest BCUT2D eigenvalue weighted by atomic mass is 15.3. The van der Waals surface area contributed by atoms with E-state index < -0.39 is 0 Å². The molecule has 0 spiro atoms. The van der Waals surface area contributed by atoms with E-state index in [0.717, 1.165) is 50.7 Å². The molecule has 0 radical (unpaired) electrons. The van der Waals surface area contributed by atoms with Gasteiger partial charge >= 0.3 is 0 Å². The van der Waals surface area contributed by atoms with Gasteiger partial charge in [-0.1, -0.05) is 13.8 Å². The smallest absolute Gasteiger partial charge is 0.147 e. The van der Waals surface area contributed by atoms with Gasteiger partial charge in [-0.3, -0.25) is 4.98 Å². The first-order valence-electron chi connectivity index (χ1n) is 7.71. The molecule has 20 heavy (non-hydrogen) atoms. The van der Waals surface area contributed by atoms with Crippen LogP contribution in [0.4, 0.5) is 5.82 Å². The first kappa shape index (κ1) is 15.2. The van der Waals surface area contributed by atoms with Crippen molar-refractivity contribution in [2.45, 2.75) is 39.3 Å². The molecule has 112 valence electrons. The normalized spacial score (nSPS) is 20.9. The Balaban J connectivity index is 2.15. The number of hydrogen-bond donors (Lipinski definition) is 1. The van der Waals surface area contributed by atoms with Gasteiger partial charge in [0.05, 0.1) is 11.9 Å². The molecule has 0 amide bonds. The molecule has 1 fully saturated rings. The van der Waals surface area contributed by atoms with Crippen molar-refractivity contribution in [3.8, 4) is 0 Å². The molecule has 0 saturated carbocycles. The summed E-state index contributed by atoms with van der Waals surface area (Å²) < 4.78 is 0. The first-order chi connectivity index (χ1) is 9.74. The average Bonchev–Trinajstić information content (AvgIpc) is 2.66. The summed E-state index contributed by atoms with van der Waals surface area (Å²) in [6, 6.07) is 0.534. The zero-order valence-electron chi connectivity index (χ0n) is 13.0. The summed E-state index contributed by atoms with van der Waals surface area (Å²) >= 11 is 0. The third-order valence-corrected chi connectivity index (χ3v) is 3.90. The number of nitrogens with one attached hydrogen (secondary N) is 1. The van der Waals surface area contributed by atoms with Crippen LogP contribution < -0.4 is 10.2 Å². The Morgan fingerprint density at radius 3 is 2.90 bits per heavy atom. The fourth-order valence-corrected chi connectivity index (χ4v) is 2.77. The van der Waals surface area contributed by atoms with Crippen molar-refractivity contribution in [2.24, 2.45) is 0 Å². The van der Waals surface area contributed by atoms with Crippen LogP contribution in [-0.2, 0) is 6.54 Å². The maximum Gasteiger partial charge on any atom is 0.147 e. The van der Waals surface area contributed by atoms with E-state index in [4.69, 9.17) is 4.98 Å². The van der Waals surface area contributed by atoms with Crippen molar-refractivity contribution in [1.29, 1.82) is 0 Å². The SMILES string of the molecule is CCNCc1cncc(N2CCCN(C)CC2CC)n1. The lowest BCUT2D eigenvalue weighted by Crippen LogP contribution is -2.40. The number of likely N-dealkylation sites (N-methyl/N-ethyl adjacent to an activating group) is 1. The second-order valence-corrected chi connectivity index (χ2v) is 5.52. The molecule has 1 aliphatic rings. The van der Waals surface area contributed by atoms with Gasteiger partial charge in [-0.2, -0.15) is 0 Å². The molecule has 1 saturated heterocycles. The van der Waals surface area contributed by atoms with Crippen LogP contribution in [0.2, 0.25) is 0 Å². The lowest BCUT2D eigenvalue weighted by atomic mass is 10.2. The topological polar surface area (TPSA) is 44.3 Å².